The molecule has 1 fully saturated rings. The quantitative estimate of drug-likeness (QED) is 0.414. The van der Waals surface area contributed by atoms with E-state index in [2.05, 4.69) is 24.5 Å². The van der Waals surface area contributed by atoms with Crippen molar-refractivity contribution in [1.29, 1.82) is 0 Å². The summed E-state index contributed by atoms with van der Waals surface area (Å²) in [6.45, 7) is 7.27. The van der Waals surface area contributed by atoms with E-state index >= 15 is 0 Å². The fourth-order valence-corrected chi connectivity index (χ4v) is 3.50. The van der Waals surface area contributed by atoms with Crippen molar-refractivity contribution in [3.63, 3.8) is 0 Å². The molecule has 1 saturated heterocycles. The molecule has 1 aromatic carbocycles. The molecule has 8 nitrogen and oxygen atoms in total. The predicted molar refractivity (Wildman–Crippen MR) is 116 cm³/mol. The van der Waals surface area contributed by atoms with Crippen LogP contribution in [0.15, 0.2) is 24.3 Å². The van der Waals surface area contributed by atoms with Crippen molar-refractivity contribution in [3.05, 3.63) is 35.4 Å². The SMILES string of the molecule is CCCC[C@@H](CC)CNC(=O)COC(=O)CN1C(=O)N[C@@](C)(c2ccc(C)cc2)C1=O. The normalized spacial score (nSPS) is 19.2. The monoisotopic (exact) mass is 431 g/mol. The highest BCUT2D eigenvalue weighted by molar-refractivity contribution is 6.08. The minimum absolute atomic E-state index is 0.393. The summed E-state index contributed by atoms with van der Waals surface area (Å²) >= 11 is 0. The number of rotatable bonds is 11. The summed E-state index contributed by atoms with van der Waals surface area (Å²) in [6.07, 6.45) is 4.22. The van der Waals surface area contributed by atoms with E-state index in [1.807, 2.05) is 19.1 Å². The Kier molecular flexibility index (Phi) is 8.59. The van der Waals surface area contributed by atoms with Crippen molar-refractivity contribution in [2.75, 3.05) is 19.7 Å². The van der Waals surface area contributed by atoms with Crippen LogP contribution in [0.2, 0.25) is 0 Å². The van der Waals surface area contributed by atoms with Gasteiger partial charge < -0.3 is 15.4 Å². The molecule has 0 aliphatic carbocycles. The Morgan fingerprint density at radius 1 is 1.19 bits per heavy atom. The maximum absolute atomic E-state index is 12.8. The van der Waals surface area contributed by atoms with E-state index in [4.69, 9.17) is 4.74 Å². The second kappa shape index (κ2) is 10.9. The summed E-state index contributed by atoms with van der Waals surface area (Å²) in [4.78, 5) is 50.1. The van der Waals surface area contributed by atoms with Crippen LogP contribution in [-0.2, 0) is 24.7 Å². The fraction of sp³-hybridized carbons (Fsp3) is 0.565. The molecular formula is C23H33N3O5. The van der Waals surface area contributed by atoms with Crippen LogP contribution in [0.25, 0.3) is 0 Å². The van der Waals surface area contributed by atoms with Gasteiger partial charge in [-0.2, -0.15) is 0 Å². The van der Waals surface area contributed by atoms with E-state index in [1.165, 1.54) is 0 Å². The van der Waals surface area contributed by atoms with Crippen LogP contribution >= 0.6 is 0 Å². The van der Waals surface area contributed by atoms with Gasteiger partial charge in [0.05, 0.1) is 0 Å². The molecule has 2 N–H and O–H groups in total. The fourth-order valence-electron chi connectivity index (χ4n) is 3.50. The molecule has 0 aromatic heterocycles. The Morgan fingerprint density at radius 2 is 1.87 bits per heavy atom. The molecule has 1 aliphatic rings. The third-order valence-corrected chi connectivity index (χ3v) is 5.69. The molecular weight excluding hydrogens is 398 g/mol. The van der Waals surface area contributed by atoms with Gasteiger partial charge in [0.2, 0.25) is 0 Å². The summed E-state index contributed by atoms with van der Waals surface area (Å²) in [5, 5.41) is 5.41. The molecule has 0 radical (unpaired) electrons. The van der Waals surface area contributed by atoms with Gasteiger partial charge in [-0.15, -0.1) is 0 Å². The number of aryl methyl sites for hydroxylation is 1. The first-order valence-corrected chi connectivity index (χ1v) is 10.8. The number of amides is 4. The van der Waals surface area contributed by atoms with Crippen LogP contribution in [-0.4, -0.2) is 48.4 Å². The molecule has 4 amide bonds. The minimum Gasteiger partial charge on any atom is -0.454 e. The molecule has 1 aromatic rings. The molecule has 1 heterocycles. The van der Waals surface area contributed by atoms with E-state index in [1.54, 1.807) is 19.1 Å². The first kappa shape index (κ1) is 24.4. The molecule has 170 valence electrons. The molecule has 2 atom stereocenters. The zero-order valence-electron chi connectivity index (χ0n) is 18.8. The van der Waals surface area contributed by atoms with Gasteiger partial charge in [-0.25, -0.2) is 4.79 Å². The Hall–Kier alpha value is -2.90. The van der Waals surface area contributed by atoms with E-state index in [-0.39, 0.29) is 0 Å². The Balaban J connectivity index is 1.85. The number of imide groups is 1. The van der Waals surface area contributed by atoms with Gasteiger partial charge in [-0.1, -0.05) is 62.9 Å². The van der Waals surface area contributed by atoms with Crippen molar-refractivity contribution < 1.29 is 23.9 Å². The minimum atomic E-state index is -1.25. The number of unbranched alkanes of at least 4 members (excludes halogenated alkanes) is 1. The number of nitrogens with one attached hydrogen (secondary N) is 2. The third kappa shape index (κ3) is 6.29. The molecule has 8 heteroatoms. The van der Waals surface area contributed by atoms with Crippen molar-refractivity contribution in [1.82, 2.24) is 15.5 Å². The maximum atomic E-state index is 12.8. The van der Waals surface area contributed by atoms with Crippen LogP contribution in [0.4, 0.5) is 4.79 Å². The second-order valence-corrected chi connectivity index (χ2v) is 8.19. The Labute approximate surface area is 183 Å². The van der Waals surface area contributed by atoms with Crippen LogP contribution in [0.3, 0.4) is 0 Å². The van der Waals surface area contributed by atoms with Crippen LogP contribution in [0.1, 0.15) is 57.6 Å². The van der Waals surface area contributed by atoms with Crippen molar-refractivity contribution in [3.8, 4) is 0 Å². The molecule has 0 spiro atoms. The summed E-state index contributed by atoms with van der Waals surface area (Å²) in [5.41, 5.74) is 0.398. The zero-order valence-corrected chi connectivity index (χ0v) is 18.8. The van der Waals surface area contributed by atoms with Gasteiger partial charge in [0.25, 0.3) is 11.8 Å². The lowest BCUT2D eigenvalue weighted by molar-refractivity contribution is -0.151. The largest absolute Gasteiger partial charge is 0.454 e. The van der Waals surface area contributed by atoms with Crippen molar-refractivity contribution in [2.45, 2.75) is 58.9 Å². The predicted octanol–water partition coefficient (Wildman–Crippen LogP) is 2.64. The highest BCUT2D eigenvalue weighted by Gasteiger charge is 2.49. The van der Waals surface area contributed by atoms with Gasteiger partial charge in [0, 0.05) is 6.54 Å². The summed E-state index contributed by atoms with van der Waals surface area (Å²) in [6, 6.07) is 6.56. The van der Waals surface area contributed by atoms with Crippen LogP contribution in [0, 0.1) is 12.8 Å². The number of ether oxygens (including phenoxy) is 1. The average Bonchev–Trinajstić information content (AvgIpc) is 2.96. The molecule has 31 heavy (non-hydrogen) atoms. The lowest BCUT2D eigenvalue weighted by Gasteiger charge is -2.22. The van der Waals surface area contributed by atoms with Crippen LogP contribution in [0.5, 0.6) is 0 Å². The van der Waals surface area contributed by atoms with Gasteiger partial charge in [0.1, 0.15) is 12.1 Å². The first-order chi connectivity index (χ1) is 14.7. The third-order valence-electron chi connectivity index (χ3n) is 5.69. The Bertz CT molecular complexity index is 808. The molecule has 1 aliphatic heterocycles. The smallest absolute Gasteiger partial charge is 0.326 e. The van der Waals surface area contributed by atoms with E-state index in [0.29, 0.717) is 18.0 Å². The number of carbonyl (C=O) groups is 4. The second-order valence-electron chi connectivity index (χ2n) is 8.19. The highest BCUT2D eigenvalue weighted by Crippen LogP contribution is 2.28. The number of hydrogen-bond donors (Lipinski definition) is 2. The highest BCUT2D eigenvalue weighted by atomic mass is 16.5. The van der Waals surface area contributed by atoms with Gasteiger partial charge in [0.15, 0.2) is 6.61 Å². The summed E-state index contributed by atoms with van der Waals surface area (Å²) in [5.74, 6) is -1.36. The average molecular weight is 432 g/mol. The molecule has 2 rings (SSSR count). The van der Waals surface area contributed by atoms with E-state index in [9.17, 15) is 19.2 Å². The lowest BCUT2D eigenvalue weighted by atomic mass is 9.91. The van der Waals surface area contributed by atoms with Crippen molar-refractivity contribution >= 4 is 23.8 Å². The lowest BCUT2D eigenvalue weighted by Crippen LogP contribution is -2.42. The van der Waals surface area contributed by atoms with Crippen LogP contribution < -0.4 is 10.6 Å². The van der Waals surface area contributed by atoms with Gasteiger partial charge in [-0.3, -0.25) is 19.3 Å². The van der Waals surface area contributed by atoms with E-state index in [0.717, 1.165) is 36.1 Å². The Morgan fingerprint density at radius 3 is 2.48 bits per heavy atom. The molecule has 0 bridgehead atoms. The van der Waals surface area contributed by atoms with Gasteiger partial charge in [-0.05, 0) is 31.7 Å². The maximum Gasteiger partial charge on any atom is 0.326 e. The molecule has 0 unspecified atom stereocenters. The topological polar surface area (TPSA) is 105 Å². The molecule has 0 saturated carbocycles. The number of carbonyl (C=O) groups excluding carboxylic acids is 4. The van der Waals surface area contributed by atoms with Gasteiger partial charge >= 0.3 is 12.0 Å². The number of hydrogen-bond acceptors (Lipinski definition) is 5. The van der Waals surface area contributed by atoms with E-state index < -0.39 is 42.5 Å². The standard InChI is InChI=1S/C23H33N3O5/c1-5-7-8-17(6-2)13-24-19(27)15-31-20(28)14-26-21(29)23(4,25-22(26)30)18-11-9-16(3)10-12-18/h9-12,17H,5-8,13-15H2,1-4H3,(H,24,27)(H,25,30)/t17-,23+/m1/s1. The number of urea groups is 1. The first-order valence-electron chi connectivity index (χ1n) is 10.8. The number of benzene rings is 1. The number of esters is 1. The summed E-state index contributed by atoms with van der Waals surface area (Å²) in [7, 11) is 0. The number of nitrogens with zero attached hydrogens (tertiary/aromatic N) is 1. The van der Waals surface area contributed by atoms with Crippen molar-refractivity contribution in [2.24, 2.45) is 5.92 Å². The summed E-state index contributed by atoms with van der Waals surface area (Å²) < 4.78 is 4.97. The zero-order chi connectivity index (χ0) is 23.0.